The molecule has 2 aliphatic heterocycles. The molecule has 0 amide bonds. The second kappa shape index (κ2) is 10.7. The first kappa shape index (κ1) is 26.9. The molecular formula is C29H25ClF3N7O2. The summed E-state index contributed by atoms with van der Waals surface area (Å²) >= 11 is 6.53. The van der Waals surface area contributed by atoms with Crippen molar-refractivity contribution in [3.63, 3.8) is 0 Å². The van der Waals surface area contributed by atoms with E-state index in [0.717, 1.165) is 5.39 Å². The van der Waals surface area contributed by atoms with Crippen LogP contribution >= 0.6 is 11.6 Å². The molecule has 2 aliphatic rings. The smallest absolute Gasteiger partial charge is 0.319 e. The minimum Gasteiger partial charge on any atom is -0.461 e. The van der Waals surface area contributed by atoms with Crippen molar-refractivity contribution >= 4 is 39.1 Å². The summed E-state index contributed by atoms with van der Waals surface area (Å²) in [7, 11) is 0. The van der Waals surface area contributed by atoms with Crippen LogP contribution in [-0.4, -0.2) is 67.5 Å². The van der Waals surface area contributed by atoms with Crippen molar-refractivity contribution in [3.8, 4) is 17.3 Å². The molecule has 3 aromatic heterocycles. The number of benzene rings is 2. The number of imidazole rings is 1. The van der Waals surface area contributed by atoms with Crippen LogP contribution in [0.25, 0.3) is 32.9 Å². The predicted octanol–water partition coefficient (Wildman–Crippen LogP) is 4.76. The molecule has 216 valence electrons. The molecule has 7 rings (SSSR count). The third kappa shape index (κ3) is 4.69. The van der Waals surface area contributed by atoms with Crippen LogP contribution in [0.15, 0.2) is 55.0 Å². The number of rotatable bonds is 7. The van der Waals surface area contributed by atoms with E-state index in [4.69, 9.17) is 16.3 Å². The van der Waals surface area contributed by atoms with E-state index in [9.17, 15) is 13.9 Å². The fraction of sp³-hybridized carbons (Fsp3) is 0.310. The molecule has 0 saturated carbocycles. The number of aromatic nitrogens is 5. The standard InChI is InChI=1S/C29H25ClF3N7O2/c30-19-6-2-4-15-3-1-5-17(22(15)19)24-23(31)25-18(12-35-24)27(40-13-16-11-21(41)20(14-40)36-16)38-29(37-25)42-10-9-39-8-7-34-28(39)26(32)33/h1-8,12,16,20-21,26,36,41H,9-11,13-14H2/t16?,20-,21-/m1/s1. The van der Waals surface area contributed by atoms with Gasteiger partial charge in [-0.3, -0.25) is 4.98 Å². The van der Waals surface area contributed by atoms with Crippen molar-refractivity contribution in [2.24, 2.45) is 0 Å². The van der Waals surface area contributed by atoms with Gasteiger partial charge in [0.2, 0.25) is 0 Å². The molecule has 13 heteroatoms. The molecule has 2 fully saturated rings. The van der Waals surface area contributed by atoms with Gasteiger partial charge in [-0.15, -0.1) is 0 Å². The minimum absolute atomic E-state index is 0.00591. The van der Waals surface area contributed by atoms with Crippen LogP contribution in [0.2, 0.25) is 5.02 Å². The number of piperazine rings is 1. The lowest BCUT2D eigenvalue weighted by molar-refractivity contribution is 0.133. The number of aliphatic hydroxyl groups excluding tert-OH is 1. The van der Waals surface area contributed by atoms with Gasteiger partial charge in [-0.2, -0.15) is 9.97 Å². The van der Waals surface area contributed by atoms with E-state index >= 15 is 4.39 Å². The maximum Gasteiger partial charge on any atom is 0.319 e. The average Bonchev–Trinajstić information content (AvgIpc) is 3.56. The molecule has 2 N–H and O–H groups in total. The second-order valence-corrected chi connectivity index (χ2v) is 10.9. The van der Waals surface area contributed by atoms with Gasteiger partial charge in [0, 0.05) is 53.7 Å². The van der Waals surface area contributed by atoms with E-state index in [1.165, 1.54) is 17.0 Å². The van der Waals surface area contributed by atoms with Crippen molar-refractivity contribution in [1.29, 1.82) is 0 Å². The zero-order chi connectivity index (χ0) is 29.0. The van der Waals surface area contributed by atoms with E-state index in [1.807, 2.05) is 29.2 Å². The normalized spacial score (nSPS) is 20.2. The molecule has 5 heterocycles. The number of anilines is 1. The predicted molar refractivity (Wildman–Crippen MR) is 151 cm³/mol. The number of hydrogen-bond acceptors (Lipinski definition) is 8. The van der Waals surface area contributed by atoms with Crippen LogP contribution in [0.1, 0.15) is 18.7 Å². The maximum atomic E-state index is 16.4. The van der Waals surface area contributed by atoms with Gasteiger partial charge in [-0.05, 0) is 17.9 Å². The Bertz CT molecular complexity index is 1800. The van der Waals surface area contributed by atoms with Gasteiger partial charge in [-0.25, -0.2) is 18.2 Å². The fourth-order valence-electron chi connectivity index (χ4n) is 5.94. The number of nitrogens with one attached hydrogen (secondary N) is 1. The Morgan fingerprint density at radius 3 is 2.76 bits per heavy atom. The van der Waals surface area contributed by atoms with Crippen LogP contribution in [0.4, 0.5) is 19.0 Å². The van der Waals surface area contributed by atoms with Gasteiger partial charge in [0.1, 0.15) is 23.6 Å². The number of halogens is 4. The van der Waals surface area contributed by atoms with Crippen molar-refractivity contribution in [2.75, 3.05) is 24.6 Å². The number of alkyl halides is 2. The lowest BCUT2D eigenvalue weighted by Crippen LogP contribution is -2.53. The number of pyridine rings is 1. The molecule has 2 bridgehead atoms. The van der Waals surface area contributed by atoms with Crippen molar-refractivity contribution in [2.45, 2.75) is 37.6 Å². The highest BCUT2D eigenvalue weighted by molar-refractivity contribution is 6.36. The van der Waals surface area contributed by atoms with E-state index in [-0.39, 0.29) is 48.3 Å². The van der Waals surface area contributed by atoms with E-state index < -0.39 is 18.3 Å². The summed E-state index contributed by atoms with van der Waals surface area (Å²) in [5, 5.41) is 16.2. The monoisotopic (exact) mass is 595 g/mol. The highest BCUT2D eigenvalue weighted by Gasteiger charge is 2.40. The van der Waals surface area contributed by atoms with Crippen molar-refractivity contribution < 1.29 is 23.0 Å². The SMILES string of the molecule is O[C@@H]1CC2CN(c3nc(OCCn4ccnc4C(F)F)nc4c(F)c(-c5cccc6cccc(Cl)c56)ncc34)C[C@H]1N2. The molecule has 9 nitrogen and oxygen atoms in total. The van der Waals surface area contributed by atoms with E-state index in [1.54, 1.807) is 18.3 Å². The van der Waals surface area contributed by atoms with Gasteiger partial charge in [0.25, 0.3) is 6.43 Å². The summed E-state index contributed by atoms with van der Waals surface area (Å²) in [5.41, 5.74) is 0.599. The minimum atomic E-state index is -2.73. The highest BCUT2D eigenvalue weighted by atomic mass is 35.5. The lowest BCUT2D eigenvalue weighted by atomic mass is 10.0. The van der Waals surface area contributed by atoms with Gasteiger partial charge in [0.05, 0.1) is 24.1 Å². The number of hydrogen-bond donors (Lipinski definition) is 2. The summed E-state index contributed by atoms with van der Waals surface area (Å²) in [6.45, 7) is 0.997. The summed E-state index contributed by atoms with van der Waals surface area (Å²) in [6, 6.07) is 10.7. The van der Waals surface area contributed by atoms with E-state index in [0.29, 0.717) is 46.7 Å². The van der Waals surface area contributed by atoms with Crippen LogP contribution in [-0.2, 0) is 6.54 Å². The highest BCUT2D eigenvalue weighted by Crippen LogP contribution is 2.38. The molecular weight excluding hydrogens is 571 g/mol. The molecule has 0 aliphatic carbocycles. The van der Waals surface area contributed by atoms with Crippen molar-refractivity contribution in [3.05, 3.63) is 71.7 Å². The van der Waals surface area contributed by atoms with Crippen LogP contribution in [0.5, 0.6) is 6.01 Å². The third-order valence-corrected chi connectivity index (χ3v) is 8.17. The molecule has 1 unspecified atom stereocenters. The first-order chi connectivity index (χ1) is 20.4. The number of ether oxygens (including phenoxy) is 1. The van der Waals surface area contributed by atoms with Gasteiger partial charge in [0.15, 0.2) is 11.6 Å². The van der Waals surface area contributed by atoms with Crippen LogP contribution in [0.3, 0.4) is 0 Å². The lowest BCUT2D eigenvalue weighted by Gasteiger charge is -2.34. The average molecular weight is 596 g/mol. The maximum absolute atomic E-state index is 16.4. The Kier molecular flexibility index (Phi) is 6.83. The van der Waals surface area contributed by atoms with Crippen molar-refractivity contribution in [1.82, 2.24) is 29.8 Å². The van der Waals surface area contributed by atoms with Crippen LogP contribution in [0, 0.1) is 5.82 Å². The third-order valence-electron chi connectivity index (χ3n) is 7.86. The summed E-state index contributed by atoms with van der Waals surface area (Å²) < 4.78 is 50.0. The number of nitrogens with zero attached hydrogens (tertiary/aromatic N) is 6. The Labute approximate surface area is 242 Å². The summed E-state index contributed by atoms with van der Waals surface area (Å²) in [5.74, 6) is -0.615. The molecule has 0 spiro atoms. The second-order valence-electron chi connectivity index (χ2n) is 10.5. The fourth-order valence-corrected chi connectivity index (χ4v) is 6.23. The molecule has 2 saturated heterocycles. The molecule has 5 aromatic rings. The zero-order valence-corrected chi connectivity index (χ0v) is 22.8. The topological polar surface area (TPSA) is 101 Å². The zero-order valence-electron chi connectivity index (χ0n) is 22.1. The van der Waals surface area contributed by atoms with Gasteiger partial charge >= 0.3 is 6.01 Å². The Balaban J connectivity index is 1.31. The Morgan fingerprint density at radius 2 is 1.95 bits per heavy atom. The summed E-state index contributed by atoms with van der Waals surface area (Å²) in [6.07, 6.45) is 1.65. The Hall–Kier alpha value is -4.00. The number of aliphatic hydroxyl groups is 1. The largest absolute Gasteiger partial charge is 0.461 e. The van der Waals surface area contributed by atoms with Gasteiger partial charge < -0.3 is 24.6 Å². The number of fused-ring (bicyclic) bond motifs is 4. The van der Waals surface area contributed by atoms with Gasteiger partial charge in [-0.1, -0.05) is 41.9 Å². The first-order valence-corrected chi connectivity index (χ1v) is 13.9. The molecule has 0 radical (unpaired) electrons. The molecule has 2 aromatic carbocycles. The Morgan fingerprint density at radius 1 is 1.12 bits per heavy atom. The molecule has 3 atom stereocenters. The molecule has 42 heavy (non-hydrogen) atoms. The van der Waals surface area contributed by atoms with Crippen LogP contribution < -0.4 is 15.0 Å². The van der Waals surface area contributed by atoms with E-state index in [2.05, 4.69) is 25.3 Å². The first-order valence-electron chi connectivity index (χ1n) is 13.5. The summed E-state index contributed by atoms with van der Waals surface area (Å²) in [4.78, 5) is 19.2. The quantitative estimate of drug-likeness (QED) is 0.278.